The van der Waals surface area contributed by atoms with Crippen molar-refractivity contribution in [2.24, 2.45) is 11.8 Å². The van der Waals surface area contributed by atoms with E-state index in [4.69, 9.17) is 0 Å². The van der Waals surface area contributed by atoms with E-state index in [2.05, 4.69) is 45.1 Å². The van der Waals surface area contributed by atoms with E-state index in [1.807, 2.05) is 0 Å². The molecule has 3 rings (SSSR count). The Kier molecular flexibility index (Phi) is 3.52. The van der Waals surface area contributed by atoms with Crippen LogP contribution in [0.4, 0.5) is 0 Å². The molecular weight excluding hydrogens is 228 g/mol. The molecule has 0 aliphatic heterocycles. The molecule has 2 aliphatic carbocycles. The molecule has 0 saturated heterocycles. The Labute approximate surface area is 117 Å². The molecule has 0 nitrogen and oxygen atoms in total. The Morgan fingerprint density at radius 3 is 2.74 bits per heavy atom. The Morgan fingerprint density at radius 2 is 1.95 bits per heavy atom. The molecule has 0 bridgehead atoms. The second-order valence-electron chi connectivity index (χ2n) is 6.65. The molecule has 0 heterocycles. The number of hydrogen-bond acceptors (Lipinski definition) is 0. The van der Waals surface area contributed by atoms with Crippen LogP contribution in [0.1, 0.15) is 60.8 Å². The predicted molar refractivity (Wildman–Crippen MR) is 82.6 cm³/mol. The molecule has 1 aromatic carbocycles. The van der Waals surface area contributed by atoms with E-state index in [1.54, 1.807) is 11.1 Å². The smallest absolute Gasteiger partial charge is 0.0130 e. The summed E-state index contributed by atoms with van der Waals surface area (Å²) in [6.45, 7) is 6.72. The summed E-state index contributed by atoms with van der Waals surface area (Å²) in [4.78, 5) is 0. The van der Waals surface area contributed by atoms with Gasteiger partial charge in [-0.05, 0) is 87.3 Å². The molecule has 0 radical (unpaired) electrons. The Balaban J connectivity index is 1.90. The Morgan fingerprint density at radius 1 is 1.11 bits per heavy atom. The summed E-state index contributed by atoms with van der Waals surface area (Å²) in [6.07, 6.45) is 11.6. The van der Waals surface area contributed by atoms with Gasteiger partial charge in [0.15, 0.2) is 0 Å². The maximum Gasteiger partial charge on any atom is -0.0130 e. The molecule has 3 unspecified atom stereocenters. The van der Waals surface area contributed by atoms with Gasteiger partial charge in [-0.15, -0.1) is 0 Å². The topological polar surface area (TPSA) is 0 Å². The number of aryl methyl sites for hydroxylation is 2. The highest BCUT2D eigenvalue weighted by molar-refractivity contribution is 5.42. The lowest BCUT2D eigenvalue weighted by Gasteiger charge is -2.40. The van der Waals surface area contributed by atoms with Crippen molar-refractivity contribution in [1.82, 2.24) is 0 Å². The first-order chi connectivity index (χ1) is 9.19. The van der Waals surface area contributed by atoms with Crippen molar-refractivity contribution < 1.29 is 0 Å². The molecule has 0 heteroatoms. The highest BCUT2D eigenvalue weighted by Gasteiger charge is 2.34. The van der Waals surface area contributed by atoms with Crippen LogP contribution in [0.25, 0.3) is 0 Å². The fourth-order valence-corrected chi connectivity index (χ4v) is 4.51. The van der Waals surface area contributed by atoms with Crippen molar-refractivity contribution in [3.63, 3.8) is 0 Å². The summed E-state index contributed by atoms with van der Waals surface area (Å²) in [5.41, 5.74) is 6.36. The molecule has 102 valence electrons. The van der Waals surface area contributed by atoms with Crippen LogP contribution < -0.4 is 0 Å². The minimum atomic E-state index is 0.846. The zero-order chi connectivity index (χ0) is 13.4. The van der Waals surface area contributed by atoms with Gasteiger partial charge in [-0.2, -0.15) is 0 Å². The molecular formula is C19H26. The van der Waals surface area contributed by atoms with Crippen LogP contribution in [0.5, 0.6) is 0 Å². The summed E-state index contributed by atoms with van der Waals surface area (Å²) >= 11 is 0. The average Bonchev–Trinajstić information content (AvgIpc) is 2.38. The molecule has 3 atom stereocenters. The standard InChI is InChI=1S/C19H26/c1-4-5-15-6-8-18-16(12-15)7-9-17-14(3)10-13(2)11-19(17)18/h4-5,10-11,15-16,18H,6-9,12H2,1-3H3/b5-4+. The van der Waals surface area contributed by atoms with Crippen LogP contribution in [0.15, 0.2) is 24.3 Å². The van der Waals surface area contributed by atoms with Crippen molar-refractivity contribution in [3.8, 4) is 0 Å². The largest absolute Gasteiger partial charge is 0.0914 e. The molecule has 19 heavy (non-hydrogen) atoms. The minimum absolute atomic E-state index is 0.846. The number of fused-ring (bicyclic) bond motifs is 3. The van der Waals surface area contributed by atoms with Crippen LogP contribution in [-0.2, 0) is 6.42 Å². The molecule has 1 saturated carbocycles. The van der Waals surface area contributed by atoms with Gasteiger partial charge in [0.05, 0.1) is 0 Å². The first-order valence-corrected chi connectivity index (χ1v) is 7.92. The monoisotopic (exact) mass is 254 g/mol. The normalized spacial score (nSPS) is 30.2. The minimum Gasteiger partial charge on any atom is -0.0914 e. The van der Waals surface area contributed by atoms with Crippen molar-refractivity contribution in [2.75, 3.05) is 0 Å². The number of benzene rings is 1. The van der Waals surface area contributed by atoms with Crippen LogP contribution in [0.3, 0.4) is 0 Å². The van der Waals surface area contributed by atoms with Crippen molar-refractivity contribution in [2.45, 2.75) is 58.8 Å². The van der Waals surface area contributed by atoms with Gasteiger partial charge in [-0.3, -0.25) is 0 Å². The van der Waals surface area contributed by atoms with E-state index in [0.717, 1.165) is 17.8 Å². The Bertz CT molecular complexity index is 495. The van der Waals surface area contributed by atoms with Gasteiger partial charge >= 0.3 is 0 Å². The highest BCUT2D eigenvalue weighted by atomic mass is 14.4. The zero-order valence-corrected chi connectivity index (χ0v) is 12.6. The fourth-order valence-electron chi connectivity index (χ4n) is 4.51. The molecule has 0 aromatic heterocycles. The first kappa shape index (κ1) is 13.0. The van der Waals surface area contributed by atoms with E-state index in [9.17, 15) is 0 Å². The number of rotatable bonds is 1. The molecule has 2 aliphatic rings. The third kappa shape index (κ3) is 2.38. The summed E-state index contributed by atoms with van der Waals surface area (Å²) in [5, 5.41) is 0. The average molecular weight is 254 g/mol. The van der Waals surface area contributed by atoms with Crippen molar-refractivity contribution >= 4 is 0 Å². The Hall–Kier alpha value is -1.04. The molecule has 1 fully saturated rings. The van der Waals surface area contributed by atoms with E-state index in [0.29, 0.717) is 0 Å². The van der Waals surface area contributed by atoms with E-state index >= 15 is 0 Å². The third-order valence-electron chi connectivity index (χ3n) is 5.30. The fraction of sp³-hybridized carbons (Fsp3) is 0.579. The second-order valence-corrected chi connectivity index (χ2v) is 6.65. The lowest BCUT2D eigenvalue weighted by Crippen LogP contribution is -2.28. The van der Waals surface area contributed by atoms with Gasteiger partial charge in [0.25, 0.3) is 0 Å². The summed E-state index contributed by atoms with van der Waals surface area (Å²) < 4.78 is 0. The van der Waals surface area contributed by atoms with Crippen molar-refractivity contribution in [3.05, 3.63) is 46.5 Å². The molecule has 0 spiro atoms. The maximum atomic E-state index is 2.48. The maximum absolute atomic E-state index is 2.48. The van der Waals surface area contributed by atoms with Crippen molar-refractivity contribution in [1.29, 1.82) is 0 Å². The van der Waals surface area contributed by atoms with Crippen LogP contribution in [0, 0.1) is 25.7 Å². The molecule has 0 N–H and O–H groups in total. The van der Waals surface area contributed by atoms with Crippen LogP contribution in [-0.4, -0.2) is 0 Å². The van der Waals surface area contributed by atoms with Crippen LogP contribution in [0.2, 0.25) is 0 Å². The quantitative estimate of drug-likeness (QED) is 0.594. The third-order valence-corrected chi connectivity index (χ3v) is 5.30. The lowest BCUT2D eigenvalue weighted by atomic mass is 9.64. The van der Waals surface area contributed by atoms with Gasteiger partial charge in [-0.25, -0.2) is 0 Å². The second kappa shape index (κ2) is 5.15. The van der Waals surface area contributed by atoms with E-state index in [1.165, 1.54) is 43.2 Å². The van der Waals surface area contributed by atoms with E-state index in [-0.39, 0.29) is 0 Å². The van der Waals surface area contributed by atoms with Gasteiger partial charge in [0.1, 0.15) is 0 Å². The molecule has 1 aromatic rings. The van der Waals surface area contributed by atoms with Gasteiger partial charge in [0, 0.05) is 0 Å². The summed E-state index contributed by atoms with van der Waals surface area (Å²) in [5.74, 6) is 2.63. The SMILES string of the molecule is C/C=C/C1CCC2c3cc(C)cc(C)c3CCC2C1. The van der Waals surface area contributed by atoms with Crippen LogP contribution >= 0.6 is 0 Å². The number of allylic oxidation sites excluding steroid dienone is 2. The summed E-state index contributed by atoms with van der Waals surface area (Å²) in [6, 6.07) is 4.85. The predicted octanol–water partition coefficient (Wildman–Crippen LogP) is 5.33. The van der Waals surface area contributed by atoms with Gasteiger partial charge in [-0.1, -0.05) is 29.8 Å². The zero-order valence-electron chi connectivity index (χ0n) is 12.6. The molecule has 0 amide bonds. The van der Waals surface area contributed by atoms with Gasteiger partial charge < -0.3 is 0 Å². The highest BCUT2D eigenvalue weighted by Crippen LogP contribution is 2.47. The van der Waals surface area contributed by atoms with E-state index < -0.39 is 0 Å². The lowest BCUT2D eigenvalue weighted by molar-refractivity contribution is 0.237. The van der Waals surface area contributed by atoms with Gasteiger partial charge in [0.2, 0.25) is 0 Å². The number of hydrogen-bond donors (Lipinski definition) is 0. The summed E-state index contributed by atoms with van der Waals surface area (Å²) in [7, 11) is 0. The first-order valence-electron chi connectivity index (χ1n) is 7.92.